The molecule has 1 N–H and O–H groups in total. The maximum Gasteiger partial charge on any atom is 0.224 e. The third-order valence-corrected chi connectivity index (χ3v) is 3.13. The van der Waals surface area contributed by atoms with Crippen molar-refractivity contribution < 1.29 is 0 Å². The third kappa shape index (κ3) is 2.25. The topological polar surface area (TPSA) is 61.6 Å². The summed E-state index contributed by atoms with van der Waals surface area (Å²) in [4.78, 5) is 8.04. The van der Waals surface area contributed by atoms with Gasteiger partial charge in [-0.3, -0.25) is 0 Å². The molecule has 1 fully saturated rings. The number of nitrogens with one attached hydrogen (secondary N) is 1. The molecule has 1 aromatic rings. The van der Waals surface area contributed by atoms with Gasteiger partial charge in [0.15, 0.2) is 0 Å². The quantitative estimate of drug-likeness (QED) is 0.802. The molecule has 1 unspecified atom stereocenters. The fraction of sp³-hybridized carbons (Fsp3) is 0.545. The molecule has 0 radical (unpaired) electrons. The van der Waals surface area contributed by atoms with Crippen molar-refractivity contribution >= 4 is 17.4 Å². The normalized spacial score (nSPS) is 24.1. The summed E-state index contributed by atoms with van der Waals surface area (Å²) in [7, 11) is 0. The SMILES string of the molecule is Cc1cnc(Cl)nc1N[C@H]1CCCC1C#N. The Morgan fingerprint density at radius 2 is 2.38 bits per heavy atom. The van der Waals surface area contributed by atoms with E-state index in [0.29, 0.717) is 0 Å². The van der Waals surface area contributed by atoms with Crippen molar-refractivity contribution in [1.29, 1.82) is 5.26 Å². The summed E-state index contributed by atoms with van der Waals surface area (Å²) in [5.41, 5.74) is 0.952. The van der Waals surface area contributed by atoms with Crippen molar-refractivity contribution in [2.45, 2.75) is 32.2 Å². The van der Waals surface area contributed by atoms with Crippen LogP contribution in [0.25, 0.3) is 0 Å². The molecule has 2 atom stereocenters. The Balaban J connectivity index is 2.14. The summed E-state index contributed by atoms with van der Waals surface area (Å²) in [6, 6.07) is 2.52. The van der Waals surface area contributed by atoms with Crippen molar-refractivity contribution in [1.82, 2.24) is 9.97 Å². The van der Waals surface area contributed by atoms with Crippen LogP contribution in [-0.4, -0.2) is 16.0 Å². The van der Waals surface area contributed by atoms with Crippen LogP contribution >= 0.6 is 11.6 Å². The first-order valence-electron chi connectivity index (χ1n) is 5.36. The lowest BCUT2D eigenvalue weighted by Crippen LogP contribution is -2.24. The van der Waals surface area contributed by atoms with Crippen molar-refractivity contribution in [3.63, 3.8) is 0 Å². The summed E-state index contributed by atoms with van der Waals surface area (Å²) < 4.78 is 0. The average molecular weight is 237 g/mol. The zero-order valence-corrected chi connectivity index (χ0v) is 9.83. The molecule has 0 spiro atoms. The molecular weight excluding hydrogens is 224 g/mol. The van der Waals surface area contributed by atoms with Gasteiger partial charge in [0.05, 0.1) is 12.0 Å². The first-order valence-corrected chi connectivity index (χ1v) is 5.74. The predicted octanol–water partition coefficient (Wildman–Crippen LogP) is 2.54. The molecule has 0 aliphatic heterocycles. The first-order chi connectivity index (χ1) is 7.70. The second-order valence-corrected chi connectivity index (χ2v) is 4.43. The van der Waals surface area contributed by atoms with E-state index in [0.717, 1.165) is 30.6 Å². The predicted molar refractivity (Wildman–Crippen MR) is 62.1 cm³/mol. The number of aryl methyl sites for hydroxylation is 1. The van der Waals surface area contributed by atoms with E-state index in [9.17, 15) is 0 Å². The minimum Gasteiger partial charge on any atom is -0.366 e. The van der Waals surface area contributed by atoms with E-state index in [1.54, 1.807) is 6.20 Å². The summed E-state index contributed by atoms with van der Waals surface area (Å²) in [5, 5.41) is 12.5. The Morgan fingerprint density at radius 1 is 1.56 bits per heavy atom. The van der Waals surface area contributed by atoms with E-state index in [4.69, 9.17) is 16.9 Å². The molecule has 0 bridgehead atoms. The van der Waals surface area contributed by atoms with E-state index >= 15 is 0 Å². The third-order valence-electron chi connectivity index (χ3n) is 2.95. The number of rotatable bonds is 2. The smallest absolute Gasteiger partial charge is 0.224 e. The van der Waals surface area contributed by atoms with Gasteiger partial charge in [-0.15, -0.1) is 0 Å². The van der Waals surface area contributed by atoms with Gasteiger partial charge in [0.2, 0.25) is 5.28 Å². The zero-order chi connectivity index (χ0) is 11.5. The maximum atomic E-state index is 8.99. The van der Waals surface area contributed by atoms with Crippen LogP contribution in [0.2, 0.25) is 5.28 Å². The number of nitriles is 1. The van der Waals surface area contributed by atoms with Gasteiger partial charge in [-0.1, -0.05) is 0 Å². The lowest BCUT2D eigenvalue weighted by molar-refractivity contribution is 0.626. The number of aromatic nitrogens is 2. The molecule has 84 valence electrons. The second-order valence-electron chi connectivity index (χ2n) is 4.09. The molecule has 5 heteroatoms. The Bertz CT molecular complexity index is 426. The highest BCUT2D eigenvalue weighted by molar-refractivity contribution is 6.28. The molecular formula is C11H13ClN4. The van der Waals surface area contributed by atoms with Gasteiger partial charge >= 0.3 is 0 Å². The van der Waals surface area contributed by atoms with E-state index in [1.807, 2.05) is 6.92 Å². The molecule has 0 aromatic carbocycles. The molecule has 1 aliphatic rings. The fourth-order valence-electron chi connectivity index (χ4n) is 2.03. The zero-order valence-electron chi connectivity index (χ0n) is 9.07. The Kier molecular flexibility index (Phi) is 3.25. The molecule has 0 amide bonds. The van der Waals surface area contributed by atoms with Crippen LogP contribution in [0.1, 0.15) is 24.8 Å². The lowest BCUT2D eigenvalue weighted by Gasteiger charge is -2.17. The van der Waals surface area contributed by atoms with Crippen molar-refractivity contribution in [2.75, 3.05) is 5.32 Å². The van der Waals surface area contributed by atoms with Gasteiger partial charge in [-0.2, -0.15) is 5.26 Å². The Labute approximate surface area is 99.7 Å². The van der Waals surface area contributed by atoms with E-state index in [1.165, 1.54) is 0 Å². The molecule has 2 rings (SSSR count). The van der Waals surface area contributed by atoms with Gasteiger partial charge in [0, 0.05) is 17.8 Å². The minimum absolute atomic E-state index is 0.0770. The Morgan fingerprint density at radius 3 is 3.12 bits per heavy atom. The number of halogens is 1. The number of hydrogen-bond donors (Lipinski definition) is 1. The summed E-state index contributed by atoms with van der Waals surface area (Å²) in [6.45, 7) is 1.93. The molecule has 0 saturated heterocycles. The fourth-order valence-corrected chi connectivity index (χ4v) is 2.16. The Hall–Kier alpha value is -1.34. The maximum absolute atomic E-state index is 8.99. The molecule has 1 saturated carbocycles. The summed E-state index contributed by atoms with van der Waals surface area (Å²) in [5.74, 6) is 0.820. The van der Waals surface area contributed by atoms with Crippen LogP contribution < -0.4 is 5.32 Å². The van der Waals surface area contributed by atoms with Crippen molar-refractivity contribution in [3.05, 3.63) is 17.0 Å². The van der Waals surface area contributed by atoms with Crippen LogP contribution in [0.4, 0.5) is 5.82 Å². The number of anilines is 1. The van der Waals surface area contributed by atoms with Crippen molar-refractivity contribution in [2.24, 2.45) is 5.92 Å². The summed E-state index contributed by atoms with van der Waals surface area (Å²) >= 11 is 5.75. The molecule has 1 aromatic heterocycles. The number of nitrogens with zero attached hydrogens (tertiary/aromatic N) is 3. The summed E-state index contributed by atoms with van der Waals surface area (Å²) in [6.07, 6.45) is 4.76. The minimum atomic E-state index is 0.0770. The number of hydrogen-bond acceptors (Lipinski definition) is 4. The molecule has 4 nitrogen and oxygen atoms in total. The van der Waals surface area contributed by atoms with Gasteiger partial charge in [0.25, 0.3) is 0 Å². The first kappa shape index (κ1) is 11.2. The second kappa shape index (κ2) is 4.67. The monoisotopic (exact) mass is 236 g/mol. The average Bonchev–Trinajstić information content (AvgIpc) is 2.71. The van der Waals surface area contributed by atoms with Crippen LogP contribution in [-0.2, 0) is 0 Å². The lowest BCUT2D eigenvalue weighted by atomic mass is 10.1. The van der Waals surface area contributed by atoms with Gasteiger partial charge in [-0.25, -0.2) is 9.97 Å². The largest absolute Gasteiger partial charge is 0.366 e. The van der Waals surface area contributed by atoms with E-state index in [2.05, 4.69) is 21.4 Å². The molecule has 1 heterocycles. The van der Waals surface area contributed by atoms with E-state index in [-0.39, 0.29) is 17.2 Å². The van der Waals surface area contributed by atoms with Crippen LogP contribution in [0.3, 0.4) is 0 Å². The van der Waals surface area contributed by atoms with Gasteiger partial charge < -0.3 is 5.32 Å². The van der Waals surface area contributed by atoms with Crippen LogP contribution in [0.15, 0.2) is 6.20 Å². The molecule has 1 aliphatic carbocycles. The standard InChI is InChI=1S/C11H13ClN4/c1-7-6-14-11(12)16-10(7)15-9-4-2-3-8(9)5-13/h6,8-9H,2-4H2,1H3,(H,14,15,16)/t8?,9-/m0/s1. The highest BCUT2D eigenvalue weighted by Crippen LogP contribution is 2.28. The van der Waals surface area contributed by atoms with E-state index < -0.39 is 0 Å². The van der Waals surface area contributed by atoms with Gasteiger partial charge in [-0.05, 0) is 37.8 Å². The highest BCUT2D eigenvalue weighted by atomic mass is 35.5. The van der Waals surface area contributed by atoms with Crippen LogP contribution in [0, 0.1) is 24.2 Å². The van der Waals surface area contributed by atoms with Crippen molar-refractivity contribution in [3.8, 4) is 6.07 Å². The van der Waals surface area contributed by atoms with Gasteiger partial charge in [0.1, 0.15) is 5.82 Å². The molecule has 16 heavy (non-hydrogen) atoms. The van der Waals surface area contributed by atoms with Crippen LogP contribution in [0.5, 0.6) is 0 Å². The highest BCUT2D eigenvalue weighted by Gasteiger charge is 2.27.